The average molecular weight is 458 g/mol. The topological polar surface area (TPSA) is 70.5 Å². The zero-order chi connectivity index (χ0) is 17.9. The van der Waals surface area contributed by atoms with Crippen molar-refractivity contribution in [2.24, 2.45) is 0 Å². The molecular weight excluding hydrogens is 451 g/mol. The van der Waals surface area contributed by atoms with E-state index in [-0.39, 0.29) is 5.56 Å². The summed E-state index contributed by atoms with van der Waals surface area (Å²) in [6, 6.07) is 3.43. The molecule has 1 heterocycles. The maximum absolute atomic E-state index is 13.8. The lowest BCUT2D eigenvalue weighted by molar-refractivity contribution is -0.274. The second kappa shape index (κ2) is 7.15. The highest BCUT2D eigenvalue weighted by Crippen LogP contribution is 2.32. The summed E-state index contributed by atoms with van der Waals surface area (Å²) in [5.74, 6) is -3.57. The predicted molar refractivity (Wildman–Crippen MR) is 79.2 cm³/mol. The van der Waals surface area contributed by atoms with Gasteiger partial charge in [-0.25, -0.2) is 9.18 Å². The molecule has 0 radical (unpaired) electrons. The van der Waals surface area contributed by atoms with Crippen LogP contribution in [0.5, 0.6) is 17.4 Å². The Hall–Kier alpha value is -2.18. The molecule has 24 heavy (non-hydrogen) atoms. The first-order valence-electron chi connectivity index (χ1n) is 6.04. The normalized spacial score (nSPS) is 11.1. The predicted octanol–water partition coefficient (Wildman–Crippen LogP) is 3.70. The largest absolute Gasteiger partial charge is 0.573 e. The summed E-state index contributed by atoms with van der Waals surface area (Å²) < 4.78 is 64.0. The van der Waals surface area contributed by atoms with E-state index >= 15 is 0 Å². The van der Waals surface area contributed by atoms with Gasteiger partial charge in [-0.3, -0.25) is 0 Å². The van der Waals surface area contributed by atoms with Crippen molar-refractivity contribution in [2.75, 3.05) is 7.11 Å². The number of hydrogen-bond donors (Lipinski definition) is 0. The van der Waals surface area contributed by atoms with Gasteiger partial charge in [0.25, 0.3) is 5.88 Å². The Morgan fingerprint density at radius 3 is 2.54 bits per heavy atom. The lowest BCUT2D eigenvalue weighted by Gasteiger charge is -2.12. The van der Waals surface area contributed by atoms with E-state index in [1.807, 2.05) is 0 Å². The first-order chi connectivity index (χ1) is 11.2. The van der Waals surface area contributed by atoms with Gasteiger partial charge >= 0.3 is 12.3 Å². The minimum Gasteiger partial charge on any atom is -0.465 e. The summed E-state index contributed by atoms with van der Waals surface area (Å²) in [5.41, 5.74) is -0.168. The summed E-state index contributed by atoms with van der Waals surface area (Å²) >= 11 is 1.77. The van der Waals surface area contributed by atoms with Crippen molar-refractivity contribution in [1.29, 1.82) is 0 Å². The first kappa shape index (κ1) is 18.2. The number of carbonyl (C=O) groups is 1. The third-order valence-electron chi connectivity index (χ3n) is 2.48. The molecule has 1 aromatic carbocycles. The molecule has 11 heteroatoms. The average Bonchev–Trinajstić information content (AvgIpc) is 2.50. The van der Waals surface area contributed by atoms with Crippen molar-refractivity contribution in [1.82, 2.24) is 10.2 Å². The maximum Gasteiger partial charge on any atom is 0.573 e. The van der Waals surface area contributed by atoms with Crippen molar-refractivity contribution in [2.45, 2.75) is 6.36 Å². The molecule has 0 saturated carbocycles. The molecule has 0 aliphatic carbocycles. The van der Waals surface area contributed by atoms with E-state index in [0.29, 0.717) is 15.8 Å². The zero-order valence-corrected chi connectivity index (χ0v) is 13.9. The SMILES string of the molecule is COC(=O)c1cc(I)nnc1Oc1cc(OC(F)(F)F)ccc1F. The van der Waals surface area contributed by atoms with E-state index in [9.17, 15) is 22.4 Å². The molecule has 0 aliphatic heterocycles. The summed E-state index contributed by atoms with van der Waals surface area (Å²) in [7, 11) is 1.11. The molecule has 128 valence electrons. The van der Waals surface area contributed by atoms with Crippen LogP contribution in [0.1, 0.15) is 10.4 Å². The van der Waals surface area contributed by atoms with E-state index in [1.165, 1.54) is 6.07 Å². The van der Waals surface area contributed by atoms with Gasteiger partial charge < -0.3 is 14.2 Å². The highest BCUT2D eigenvalue weighted by Gasteiger charge is 2.31. The molecule has 0 N–H and O–H groups in total. The molecule has 2 rings (SSSR count). The van der Waals surface area contributed by atoms with Gasteiger partial charge in [0.15, 0.2) is 11.6 Å². The molecule has 0 fully saturated rings. The Bertz CT molecular complexity index is 770. The van der Waals surface area contributed by atoms with Gasteiger partial charge in [0, 0.05) is 6.07 Å². The van der Waals surface area contributed by atoms with Crippen LogP contribution < -0.4 is 9.47 Å². The van der Waals surface area contributed by atoms with Gasteiger partial charge in [-0.1, -0.05) is 0 Å². The number of benzene rings is 1. The Balaban J connectivity index is 2.38. The molecule has 0 saturated heterocycles. The van der Waals surface area contributed by atoms with E-state index in [2.05, 4.69) is 19.7 Å². The van der Waals surface area contributed by atoms with Crippen molar-refractivity contribution in [3.63, 3.8) is 0 Å². The van der Waals surface area contributed by atoms with Gasteiger partial charge in [0.1, 0.15) is 15.0 Å². The summed E-state index contributed by atoms with van der Waals surface area (Å²) in [6.45, 7) is 0. The maximum atomic E-state index is 13.8. The molecule has 1 aromatic heterocycles. The highest BCUT2D eigenvalue weighted by molar-refractivity contribution is 14.1. The lowest BCUT2D eigenvalue weighted by Crippen LogP contribution is -2.17. The molecule has 2 aromatic rings. The molecule has 0 atom stereocenters. The van der Waals surface area contributed by atoms with Crippen LogP contribution in [0.4, 0.5) is 17.6 Å². The first-order valence-corrected chi connectivity index (χ1v) is 7.12. The minimum absolute atomic E-state index is 0.168. The van der Waals surface area contributed by atoms with Crippen LogP contribution in [-0.2, 0) is 4.74 Å². The number of ether oxygens (including phenoxy) is 3. The number of esters is 1. The van der Waals surface area contributed by atoms with Crippen LogP contribution in [0.3, 0.4) is 0 Å². The third-order valence-corrected chi connectivity index (χ3v) is 3.01. The third kappa shape index (κ3) is 4.66. The van der Waals surface area contributed by atoms with Gasteiger partial charge in [-0.15, -0.1) is 23.4 Å². The van der Waals surface area contributed by atoms with Gasteiger partial charge in [-0.2, -0.15) is 0 Å². The van der Waals surface area contributed by atoms with Gasteiger partial charge in [0.05, 0.1) is 7.11 Å². The number of halogens is 5. The van der Waals surface area contributed by atoms with Crippen LogP contribution in [0.2, 0.25) is 0 Å². The quantitative estimate of drug-likeness (QED) is 0.396. The van der Waals surface area contributed by atoms with Gasteiger partial charge in [-0.05, 0) is 40.8 Å². The number of alkyl halides is 3. The second-order valence-corrected chi connectivity index (χ2v) is 5.22. The Morgan fingerprint density at radius 2 is 1.92 bits per heavy atom. The Labute approximate surface area is 145 Å². The van der Waals surface area contributed by atoms with E-state index in [4.69, 9.17) is 4.74 Å². The molecule has 0 amide bonds. The summed E-state index contributed by atoms with van der Waals surface area (Å²) in [6.07, 6.45) is -4.95. The lowest BCUT2D eigenvalue weighted by atomic mass is 10.3. The molecule has 0 aliphatic rings. The zero-order valence-electron chi connectivity index (χ0n) is 11.7. The fourth-order valence-corrected chi connectivity index (χ4v) is 1.97. The monoisotopic (exact) mass is 458 g/mol. The molecule has 0 unspecified atom stereocenters. The number of hydrogen-bond acceptors (Lipinski definition) is 6. The summed E-state index contributed by atoms with van der Waals surface area (Å²) in [4.78, 5) is 11.7. The van der Waals surface area contributed by atoms with Crippen LogP contribution in [0, 0.1) is 9.52 Å². The molecule has 6 nitrogen and oxygen atoms in total. The summed E-state index contributed by atoms with van der Waals surface area (Å²) in [5, 5.41) is 7.21. The van der Waals surface area contributed by atoms with Crippen molar-refractivity contribution in [3.05, 3.63) is 39.3 Å². The molecule has 0 spiro atoms. The number of carbonyl (C=O) groups excluding carboxylic acids is 1. The van der Waals surface area contributed by atoms with Crippen LogP contribution in [0.25, 0.3) is 0 Å². The number of nitrogens with zero attached hydrogens (tertiary/aromatic N) is 2. The van der Waals surface area contributed by atoms with E-state index in [0.717, 1.165) is 13.2 Å². The second-order valence-electron chi connectivity index (χ2n) is 4.12. The number of aromatic nitrogens is 2. The highest BCUT2D eigenvalue weighted by atomic mass is 127. The van der Waals surface area contributed by atoms with Crippen LogP contribution >= 0.6 is 22.6 Å². The standard InChI is InChI=1S/C13H7F4IN2O4/c1-22-12(21)7-5-10(18)19-20-11(7)23-9-4-6(2-3-8(9)14)24-13(15,16)17/h2-5H,1H3. The van der Waals surface area contributed by atoms with E-state index < -0.39 is 35.5 Å². The molecular formula is C13H7F4IN2O4. The Morgan fingerprint density at radius 1 is 1.21 bits per heavy atom. The Kier molecular flexibility index (Phi) is 5.41. The van der Waals surface area contributed by atoms with Crippen molar-refractivity contribution >= 4 is 28.6 Å². The fraction of sp³-hybridized carbons (Fsp3) is 0.154. The fourth-order valence-electron chi connectivity index (χ4n) is 1.55. The van der Waals surface area contributed by atoms with Gasteiger partial charge in [0.2, 0.25) is 0 Å². The number of rotatable bonds is 4. The number of methoxy groups -OCH3 is 1. The van der Waals surface area contributed by atoms with Crippen LogP contribution in [-0.4, -0.2) is 29.6 Å². The van der Waals surface area contributed by atoms with E-state index in [1.54, 1.807) is 22.6 Å². The molecule has 0 bridgehead atoms. The van der Waals surface area contributed by atoms with Crippen molar-refractivity contribution < 1.29 is 36.6 Å². The van der Waals surface area contributed by atoms with Crippen LogP contribution in [0.15, 0.2) is 24.3 Å². The van der Waals surface area contributed by atoms with Crippen molar-refractivity contribution in [3.8, 4) is 17.4 Å². The smallest absolute Gasteiger partial charge is 0.465 e. The minimum atomic E-state index is -4.95.